The summed E-state index contributed by atoms with van der Waals surface area (Å²) in [7, 11) is 0. The Morgan fingerprint density at radius 3 is 2.50 bits per heavy atom. The van der Waals surface area contributed by atoms with E-state index >= 15 is 0 Å². The molecule has 3 nitrogen and oxygen atoms in total. The lowest BCUT2D eigenvalue weighted by molar-refractivity contribution is 0.628. The molecule has 90 valence electrons. The zero-order valence-electron chi connectivity index (χ0n) is 10.2. The van der Waals surface area contributed by atoms with Gasteiger partial charge in [0.15, 0.2) is 0 Å². The molecule has 0 saturated heterocycles. The highest BCUT2D eigenvalue weighted by atomic mass is 19.1. The lowest BCUT2D eigenvalue weighted by atomic mass is 10.1. The van der Waals surface area contributed by atoms with Gasteiger partial charge >= 0.3 is 0 Å². The Labute approximate surface area is 105 Å². The summed E-state index contributed by atoms with van der Waals surface area (Å²) >= 11 is 0. The van der Waals surface area contributed by atoms with Crippen molar-refractivity contribution in [2.45, 2.75) is 13.8 Å². The number of hydrogen-bond donors (Lipinski definition) is 1. The molecule has 0 saturated carbocycles. The largest absolute Gasteiger partial charge is 0.339 e. The van der Waals surface area contributed by atoms with Gasteiger partial charge < -0.3 is 5.32 Å². The first-order valence-electron chi connectivity index (χ1n) is 5.51. The van der Waals surface area contributed by atoms with Gasteiger partial charge in [-0.05, 0) is 49.7 Å². The average Bonchev–Trinajstić information content (AvgIpc) is 2.32. The second kappa shape index (κ2) is 4.84. The molecule has 1 N–H and O–H groups in total. The monoisotopic (exact) mass is 241 g/mol. The summed E-state index contributed by atoms with van der Waals surface area (Å²) in [5.74, 6) is 0.205. The van der Waals surface area contributed by atoms with Gasteiger partial charge in [-0.3, -0.25) is 0 Å². The molecule has 2 aromatic rings. The summed E-state index contributed by atoms with van der Waals surface area (Å²) in [6.07, 6.45) is 0. The van der Waals surface area contributed by atoms with Crippen molar-refractivity contribution in [2.24, 2.45) is 0 Å². The van der Waals surface area contributed by atoms with E-state index in [-0.39, 0.29) is 5.82 Å². The van der Waals surface area contributed by atoms with Gasteiger partial charge in [0.25, 0.3) is 0 Å². The number of nitrogens with zero attached hydrogens (tertiary/aromatic N) is 2. The lowest BCUT2D eigenvalue weighted by Crippen LogP contribution is -2.00. The molecule has 0 fully saturated rings. The molecule has 18 heavy (non-hydrogen) atoms. The maximum Gasteiger partial charge on any atom is 0.148 e. The van der Waals surface area contributed by atoms with E-state index in [9.17, 15) is 4.39 Å². The SMILES string of the molecule is Cc1cc(C)c(C#N)c(Nc2ccc(F)cc2)n1. The maximum absolute atomic E-state index is 12.8. The maximum atomic E-state index is 12.8. The highest BCUT2D eigenvalue weighted by Gasteiger charge is 2.08. The van der Waals surface area contributed by atoms with Crippen molar-refractivity contribution in [1.82, 2.24) is 4.98 Å². The summed E-state index contributed by atoms with van der Waals surface area (Å²) in [6, 6.07) is 9.91. The number of aromatic nitrogens is 1. The standard InChI is InChI=1S/C14H12FN3/c1-9-7-10(2)17-14(13(9)8-16)18-12-5-3-11(15)4-6-12/h3-7H,1-2H3,(H,17,18). The fraction of sp³-hybridized carbons (Fsp3) is 0.143. The first-order chi connectivity index (χ1) is 8.60. The van der Waals surface area contributed by atoms with Crippen molar-refractivity contribution in [2.75, 3.05) is 5.32 Å². The average molecular weight is 241 g/mol. The first-order valence-corrected chi connectivity index (χ1v) is 5.51. The number of benzene rings is 1. The Balaban J connectivity index is 2.40. The van der Waals surface area contributed by atoms with E-state index in [2.05, 4.69) is 16.4 Å². The van der Waals surface area contributed by atoms with Crippen molar-refractivity contribution in [3.8, 4) is 6.07 Å². The molecule has 0 atom stereocenters. The number of halogens is 1. The summed E-state index contributed by atoms with van der Waals surface area (Å²) in [6.45, 7) is 3.73. The predicted molar refractivity (Wildman–Crippen MR) is 68.1 cm³/mol. The van der Waals surface area contributed by atoms with Crippen molar-refractivity contribution in [3.63, 3.8) is 0 Å². The highest BCUT2D eigenvalue weighted by Crippen LogP contribution is 2.22. The molecule has 0 aliphatic carbocycles. The van der Waals surface area contributed by atoms with Gasteiger partial charge in [-0.15, -0.1) is 0 Å². The highest BCUT2D eigenvalue weighted by molar-refractivity contribution is 5.64. The molecule has 0 aliphatic rings. The Morgan fingerprint density at radius 1 is 1.22 bits per heavy atom. The normalized spacial score (nSPS) is 9.89. The molecule has 0 spiro atoms. The van der Waals surface area contributed by atoms with Crippen molar-refractivity contribution < 1.29 is 4.39 Å². The van der Waals surface area contributed by atoms with Crippen LogP contribution in [0.2, 0.25) is 0 Å². The third-order valence-corrected chi connectivity index (χ3v) is 2.56. The quantitative estimate of drug-likeness (QED) is 0.876. The molecule has 1 heterocycles. The van der Waals surface area contributed by atoms with Crippen LogP contribution in [0.25, 0.3) is 0 Å². The molecule has 4 heteroatoms. The van der Waals surface area contributed by atoms with Gasteiger partial charge in [0, 0.05) is 11.4 Å². The van der Waals surface area contributed by atoms with Crippen molar-refractivity contribution in [3.05, 3.63) is 53.0 Å². The van der Waals surface area contributed by atoms with Crippen LogP contribution in [0.15, 0.2) is 30.3 Å². The van der Waals surface area contributed by atoms with Gasteiger partial charge in [-0.25, -0.2) is 9.37 Å². The topological polar surface area (TPSA) is 48.7 Å². The van der Waals surface area contributed by atoms with Crippen molar-refractivity contribution in [1.29, 1.82) is 5.26 Å². The summed E-state index contributed by atoms with van der Waals surface area (Å²) < 4.78 is 12.8. The Morgan fingerprint density at radius 2 is 1.89 bits per heavy atom. The van der Waals surface area contributed by atoms with E-state index in [1.54, 1.807) is 12.1 Å². The van der Waals surface area contributed by atoms with Gasteiger partial charge in [-0.2, -0.15) is 5.26 Å². The fourth-order valence-corrected chi connectivity index (χ4v) is 1.74. The molecular weight excluding hydrogens is 229 g/mol. The Kier molecular flexibility index (Phi) is 3.24. The molecule has 0 amide bonds. The van der Waals surface area contributed by atoms with Gasteiger partial charge in [-0.1, -0.05) is 0 Å². The van der Waals surface area contributed by atoms with Crippen LogP contribution in [-0.2, 0) is 0 Å². The summed E-state index contributed by atoms with van der Waals surface area (Å²) in [4.78, 5) is 4.30. The zero-order chi connectivity index (χ0) is 13.1. The van der Waals surface area contributed by atoms with E-state index in [1.165, 1.54) is 12.1 Å². The molecule has 2 rings (SSSR count). The second-order valence-corrected chi connectivity index (χ2v) is 4.05. The first kappa shape index (κ1) is 12.1. The molecule has 0 unspecified atom stereocenters. The predicted octanol–water partition coefficient (Wildman–Crippen LogP) is 3.45. The minimum absolute atomic E-state index is 0.297. The van der Waals surface area contributed by atoms with Crippen molar-refractivity contribution >= 4 is 11.5 Å². The second-order valence-electron chi connectivity index (χ2n) is 4.05. The molecule has 0 radical (unpaired) electrons. The van der Waals surface area contributed by atoms with E-state index < -0.39 is 0 Å². The molecule has 1 aromatic carbocycles. The number of hydrogen-bond acceptors (Lipinski definition) is 3. The van der Waals surface area contributed by atoms with E-state index in [0.717, 1.165) is 11.3 Å². The van der Waals surface area contributed by atoms with Crippen LogP contribution >= 0.6 is 0 Å². The molecular formula is C14H12FN3. The van der Waals surface area contributed by atoms with Gasteiger partial charge in [0.05, 0.1) is 5.56 Å². The third-order valence-electron chi connectivity index (χ3n) is 2.56. The molecule has 0 bridgehead atoms. The lowest BCUT2D eigenvalue weighted by Gasteiger charge is -2.10. The summed E-state index contributed by atoms with van der Waals surface area (Å²) in [5.41, 5.74) is 2.90. The van der Waals surface area contributed by atoms with Crippen LogP contribution in [0.4, 0.5) is 15.9 Å². The zero-order valence-corrected chi connectivity index (χ0v) is 10.2. The van der Waals surface area contributed by atoms with Crippen LogP contribution in [-0.4, -0.2) is 4.98 Å². The molecule has 0 aliphatic heterocycles. The van der Waals surface area contributed by atoms with Gasteiger partial charge in [0.1, 0.15) is 17.7 Å². The minimum Gasteiger partial charge on any atom is -0.339 e. The number of nitriles is 1. The van der Waals surface area contributed by atoms with Crippen LogP contribution in [0, 0.1) is 31.0 Å². The fourth-order valence-electron chi connectivity index (χ4n) is 1.74. The number of pyridine rings is 1. The Bertz CT molecular complexity index is 612. The minimum atomic E-state index is -0.297. The summed E-state index contributed by atoms with van der Waals surface area (Å²) in [5, 5.41) is 12.2. The third kappa shape index (κ3) is 2.46. The number of nitrogens with one attached hydrogen (secondary N) is 1. The number of rotatable bonds is 2. The van der Waals surface area contributed by atoms with Crippen LogP contribution in [0.5, 0.6) is 0 Å². The van der Waals surface area contributed by atoms with E-state index in [4.69, 9.17) is 5.26 Å². The Hall–Kier alpha value is -2.41. The van der Waals surface area contributed by atoms with Crippen LogP contribution in [0.1, 0.15) is 16.8 Å². The number of aryl methyl sites for hydroxylation is 2. The number of anilines is 2. The van der Waals surface area contributed by atoms with Crippen LogP contribution < -0.4 is 5.32 Å². The smallest absolute Gasteiger partial charge is 0.148 e. The van der Waals surface area contributed by atoms with Gasteiger partial charge in [0.2, 0.25) is 0 Å². The molecule has 1 aromatic heterocycles. The van der Waals surface area contributed by atoms with E-state index in [1.807, 2.05) is 19.9 Å². The van der Waals surface area contributed by atoms with E-state index in [0.29, 0.717) is 17.1 Å². The van der Waals surface area contributed by atoms with Crippen LogP contribution in [0.3, 0.4) is 0 Å².